The highest BCUT2D eigenvalue weighted by Gasteiger charge is 2.32. The summed E-state index contributed by atoms with van der Waals surface area (Å²) in [5.74, 6) is 0.327. The third-order valence-electron chi connectivity index (χ3n) is 3.48. The molecule has 0 N–H and O–H groups in total. The maximum absolute atomic E-state index is 11.5. The minimum atomic E-state index is 0.153. The number of likely N-dealkylation sites (tertiary alicyclic amines) is 1. The number of carbonyl (C=O) groups is 1. The van der Waals surface area contributed by atoms with Gasteiger partial charge in [-0.3, -0.25) is 9.69 Å². The molecule has 1 heterocycles. The predicted molar refractivity (Wildman–Crippen MR) is 59.4 cm³/mol. The summed E-state index contributed by atoms with van der Waals surface area (Å²) in [4.78, 5) is 13.9. The SMILES string of the molecule is CC[C@@H](C(C)=O)N1C(C)CCCC1C. The number of hydrogen-bond acceptors (Lipinski definition) is 2. The van der Waals surface area contributed by atoms with E-state index in [1.807, 2.05) is 0 Å². The van der Waals surface area contributed by atoms with Crippen LogP contribution in [0, 0.1) is 0 Å². The average molecular weight is 197 g/mol. The van der Waals surface area contributed by atoms with Crippen molar-refractivity contribution in [3.05, 3.63) is 0 Å². The van der Waals surface area contributed by atoms with Gasteiger partial charge in [-0.1, -0.05) is 13.3 Å². The van der Waals surface area contributed by atoms with Crippen molar-refractivity contribution in [1.29, 1.82) is 0 Å². The highest BCUT2D eigenvalue weighted by atomic mass is 16.1. The number of Topliss-reactive ketones (excluding diaryl/α,β-unsaturated/α-hetero) is 1. The Kier molecular flexibility index (Phi) is 4.11. The van der Waals surface area contributed by atoms with Gasteiger partial charge < -0.3 is 0 Å². The normalized spacial score (nSPS) is 31.4. The number of carbonyl (C=O) groups excluding carboxylic acids is 1. The van der Waals surface area contributed by atoms with Crippen molar-refractivity contribution in [1.82, 2.24) is 4.90 Å². The van der Waals surface area contributed by atoms with E-state index in [2.05, 4.69) is 25.7 Å². The predicted octanol–water partition coefficient (Wildman–Crippen LogP) is 2.62. The van der Waals surface area contributed by atoms with Gasteiger partial charge in [0.25, 0.3) is 0 Å². The molecule has 2 heteroatoms. The molecule has 1 rings (SSSR count). The molecular weight excluding hydrogens is 174 g/mol. The maximum atomic E-state index is 11.5. The topological polar surface area (TPSA) is 20.3 Å². The van der Waals surface area contributed by atoms with Crippen molar-refractivity contribution >= 4 is 5.78 Å². The van der Waals surface area contributed by atoms with E-state index >= 15 is 0 Å². The van der Waals surface area contributed by atoms with Gasteiger partial charge in [-0.25, -0.2) is 0 Å². The molecule has 0 bridgehead atoms. The molecule has 2 nitrogen and oxygen atoms in total. The van der Waals surface area contributed by atoms with Crippen LogP contribution in [0.5, 0.6) is 0 Å². The highest BCUT2D eigenvalue weighted by molar-refractivity contribution is 5.81. The van der Waals surface area contributed by atoms with Crippen molar-refractivity contribution in [3.63, 3.8) is 0 Å². The molecule has 3 atom stereocenters. The standard InChI is InChI=1S/C12H23NO/c1-5-12(11(4)14)13-9(2)7-6-8-10(13)3/h9-10,12H,5-8H2,1-4H3/t9?,10?,12-/m0/s1. The minimum absolute atomic E-state index is 0.153. The summed E-state index contributed by atoms with van der Waals surface area (Å²) in [7, 11) is 0. The first kappa shape index (κ1) is 11.7. The zero-order valence-electron chi connectivity index (χ0n) is 9.92. The summed E-state index contributed by atoms with van der Waals surface area (Å²) < 4.78 is 0. The van der Waals surface area contributed by atoms with Gasteiger partial charge in [0.15, 0.2) is 0 Å². The molecule has 0 aliphatic carbocycles. The quantitative estimate of drug-likeness (QED) is 0.693. The lowest BCUT2D eigenvalue weighted by atomic mass is 9.93. The van der Waals surface area contributed by atoms with Crippen LogP contribution in [0.15, 0.2) is 0 Å². The lowest BCUT2D eigenvalue weighted by Crippen LogP contribution is -2.52. The Morgan fingerprint density at radius 3 is 2.21 bits per heavy atom. The number of hydrogen-bond donors (Lipinski definition) is 0. The lowest BCUT2D eigenvalue weighted by molar-refractivity contribution is -0.125. The highest BCUT2D eigenvalue weighted by Crippen LogP contribution is 2.26. The summed E-state index contributed by atoms with van der Waals surface area (Å²) in [6.45, 7) is 8.34. The number of rotatable bonds is 3. The molecule has 0 aromatic carbocycles. The van der Waals surface area contributed by atoms with Crippen molar-refractivity contribution in [2.45, 2.75) is 71.5 Å². The van der Waals surface area contributed by atoms with Gasteiger partial charge in [0, 0.05) is 12.1 Å². The number of ketones is 1. The van der Waals surface area contributed by atoms with Crippen LogP contribution in [0.25, 0.3) is 0 Å². The molecule has 0 amide bonds. The minimum Gasteiger partial charge on any atom is -0.298 e. The second-order valence-corrected chi connectivity index (χ2v) is 4.61. The van der Waals surface area contributed by atoms with Crippen molar-refractivity contribution in [2.24, 2.45) is 0 Å². The van der Waals surface area contributed by atoms with E-state index in [9.17, 15) is 4.79 Å². The fraction of sp³-hybridized carbons (Fsp3) is 0.917. The maximum Gasteiger partial charge on any atom is 0.146 e. The molecule has 1 fully saturated rings. The van der Waals surface area contributed by atoms with Gasteiger partial charge in [0.1, 0.15) is 5.78 Å². The van der Waals surface area contributed by atoms with Gasteiger partial charge >= 0.3 is 0 Å². The van der Waals surface area contributed by atoms with Crippen LogP contribution in [-0.4, -0.2) is 28.8 Å². The molecule has 1 aliphatic rings. The Hall–Kier alpha value is -0.370. The lowest BCUT2D eigenvalue weighted by Gasteiger charge is -2.43. The second kappa shape index (κ2) is 4.92. The van der Waals surface area contributed by atoms with E-state index in [-0.39, 0.29) is 6.04 Å². The van der Waals surface area contributed by atoms with E-state index in [4.69, 9.17) is 0 Å². The number of nitrogens with zero attached hydrogens (tertiary/aromatic N) is 1. The largest absolute Gasteiger partial charge is 0.298 e. The first-order chi connectivity index (χ1) is 6.57. The van der Waals surface area contributed by atoms with Crippen LogP contribution in [-0.2, 0) is 4.79 Å². The van der Waals surface area contributed by atoms with Crippen molar-refractivity contribution < 1.29 is 4.79 Å². The van der Waals surface area contributed by atoms with Crippen LogP contribution in [0.1, 0.15) is 53.4 Å². The van der Waals surface area contributed by atoms with Gasteiger partial charge in [0.05, 0.1) is 6.04 Å². The van der Waals surface area contributed by atoms with Crippen LogP contribution < -0.4 is 0 Å². The fourth-order valence-electron chi connectivity index (χ4n) is 2.76. The molecule has 0 spiro atoms. The Morgan fingerprint density at radius 1 is 1.36 bits per heavy atom. The fourth-order valence-corrected chi connectivity index (χ4v) is 2.76. The van der Waals surface area contributed by atoms with E-state index in [1.54, 1.807) is 6.92 Å². The molecule has 0 radical (unpaired) electrons. The Balaban J connectivity index is 2.74. The van der Waals surface area contributed by atoms with Gasteiger partial charge in [-0.15, -0.1) is 0 Å². The third-order valence-corrected chi connectivity index (χ3v) is 3.48. The second-order valence-electron chi connectivity index (χ2n) is 4.61. The molecule has 0 aromatic heterocycles. The van der Waals surface area contributed by atoms with E-state index in [0.29, 0.717) is 17.9 Å². The molecule has 0 saturated carbocycles. The average Bonchev–Trinajstić information content (AvgIpc) is 2.10. The van der Waals surface area contributed by atoms with Crippen LogP contribution in [0.4, 0.5) is 0 Å². The first-order valence-corrected chi connectivity index (χ1v) is 5.85. The Bertz CT molecular complexity index is 192. The summed E-state index contributed by atoms with van der Waals surface area (Å²) in [5, 5.41) is 0. The van der Waals surface area contributed by atoms with Gasteiger partial charge in [0.2, 0.25) is 0 Å². The van der Waals surface area contributed by atoms with Gasteiger partial charge in [-0.05, 0) is 40.0 Å². The third kappa shape index (κ3) is 2.35. The molecule has 0 aromatic rings. The zero-order valence-corrected chi connectivity index (χ0v) is 9.92. The molecule has 14 heavy (non-hydrogen) atoms. The summed E-state index contributed by atoms with van der Waals surface area (Å²) in [6, 6.07) is 1.31. The zero-order chi connectivity index (χ0) is 10.7. The smallest absolute Gasteiger partial charge is 0.146 e. The molecule has 1 aliphatic heterocycles. The van der Waals surface area contributed by atoms with Crippen molar-refractivity contribution in [2.75, 3.05) is 0 Å². The molecular formula is C12H23NO. The van der Waals surface area contributed by atoms with Crippen LogP contribution in [0.3, 0.4) is 0 Å². The first-order valence-electron chi connectivity index (χ1n) is 5.85. The van der Waals surface area contributed by atoms with Crippen LogP contribution >= 0.6 is 0 Å². The summed E-state index contributed by atoms with van der Waals surface area (Å²) in [6.07, 6.45) is 4.75. The van der Waals surface area contributed by atoms with Gasteiger partial charge in [-0.2, -0.15) is 0 Å². The Morgan fingerprint density at radius 2 is 1.86 bits per heavy atom. The molecule has 82 valence electrons. The number of piperidine rings is 1. The summed E-state index contributed by atoms with van der Waals surface area (Å²) in [5.41, 5.74) is 0. The van der Waals surface area contributed by atoms with Crippen molar-refractivity contribution in [3.8, 4) is 0 Å². The Labute approximate surface area is 87.7 Å². The van der Waals surface area contributed by atoms with Crippen LogP contribution in [0.2, 0.25) is 0 Å². The summed E-state index contributed by atoms with van der Waals surface area (Å²) >= 11 is 0. The van der Waals surface area contributed by atoms with E-state index in [0.717, 1.165) is 6.42 Å². The monoisotopic (exact) mass is 197 g/mol. The van der Waals surface area contributed by atoms with E-state index < -0.39 is 0 Å². The molecule has 1 saturated heterocycles. The van der Waals surface area contributed by atoms with E-state index in [1.165, 1.54) is 19.3 Å². The molecule has 2 unspecified atom stereocenters.